The maximum atomic E-state index is 13.4. The predicted molar refractivity (Wildman–Crippen MR) is 148 cm³/mol. The largest absolute Gasteiger partial charge is 0.507 e. The van der Waals surface area contributed by atoms with Crippen molar-refractivity contribution in [3.8, 4) is 5.75 Å². The third-order valence-corrected chi connectivity index (χ3v) is 7.30. The first-order chi connectivity index (χ1) is 17.7. The van der Waals surface area contributed by atoms with E-state index in [1.54, 1.807) is 39.8 Å². The second-order valence-corrected chi connectivity index (χ2v) is 11.3. The van der Waals surface area contributed by atoms with Crippen molar-refractivity contribution in [2.45, 2.75) is 85.0 Å². The molecule has 0 bridgehead atoms. The summed E-state index contributed by atoms with van der Waals surface area (Å²) in [6.45, 7) is 10.7. The number of nitrogens with one attached hydrogen (secondary N) is 2. The lowest BCUT2D eigenvalue weighted by molar-refractivity contribution is -0.153. The molecule has 0 aromatic heterocycles. The second kappa shape index (κ2) is 13.8. The number of amides is 3. The Hall–Kier alpha value is -2.88. The van der Waals surface area contributed by atoms with E-state index in [0.717, 1.165) is 5.57 Å². The molecule has 1 aliphatic heterocycles. The first kappa shape index (κ1) is 31.3. The van der Waals surface area contributed by atoms with Gasteiger partial charge in [0.2, 0.25) is 17.7 Å². The Labute approximate surface area is 233 Å². The molecule has 0 aliphatic carbocycles. The molecule has 38 heavy (non-hydrogen) atoms. The Morgan fingerprint density at radius 3 is 2.29 bits per heavy atom. The van der Waals surface area contributed by atoms with Crippen molar-refractivity contribution >= 4 is 39.6 Å². The summed E-state index contributed by atoms with van der Waals surface area (Å²) >= 11 is 3.27. The highest BCUT2D eigenvalue weighted by atomic mass is 79.9. The molecule has 1 aliphatic rings. The van der Waals surface area contributed by atoms with Gasteiger partial charge in [0.25, 0.3) is 0 Å². The van der Waals surface area contributed by atoms with Crippen molar-refractivity contribution in [3.05, 3.63) is 39.9 Å². The quantitative estimate of drug-likeness (QED) is 0.356. The third kappa shape index (κ3) is 8.85. The molecule has 0 spiro atoms. The normalized spacial score (nSPS) is 28.9. The number of benzene rings is 1. The molecule has 0 radical (unpaired) electrons. The van der Waals surface area contributed by atoms with Crippen LogP contribution >= 0.6 is 15.9 Å². The van der Waals surface area contributed by atoms with Gasteiger partial charge in [0.05, 0.1) is 10.6 Å². The number of hydrogen-bond acceptors (Lipinski definition) is 6. The molecule has 0 saturated heterocycles. The number of ether oxygens (including phenoxy) is 1. The van der Waals surface area contributed by atoms with Crippen LogP contribution in [0.15, 0.2) is 34.3 Å². The fourth-order valence-corrected chi connectivity index (χ4v) is 5.05. The molecule has 1 aromatic rings. The number of phenolic OH excluding ortho intramolecular Hbond substituents is 1. The van der Waals surface area contributed by atoms with Gasteiger partial charge in [-0.3, -0.25) is 14.4 Å². The molecule has 3 amide bonds. The van der Waals surface area contributed by atoms with Crippen molar-refractivity contribution < 1.29 is 29.0 Å². The van der Waals surface area contributed by atoms with Crippen LogP contribution in [0.25, 0.3) is 0 Å². The van der Waals surface area contributed by atoms with Gasteiger partial charge in [-0.05, 0) is 80.1 Å². The number of hydrogen-bond donors (Lipinski definition) is 3. The molecule has 2 rings (SSSR count). The highest BCUT2D eigenvalue weighted by molar-refractivity contribution is 9.10. The number of carbonyl (C=O) groups excluding carboxylic acids is 4. The number of carbonyl (C=O) groups is 4. The SMILES string of the molecule is CC1=CC(C)CC(C)OC(=O)C(C)NC(=O)C(Cc2ccc(O)c(Br)c2)N(C)C(=O)C(C)NC(=O)C(C)C1. The fourth-order valence-electron chi connectivity index (χ4n) is 4.62. The van der Waals surface area contributed by atoms with Crippen molar-refractivity contribution in [1.82, 2.24) is 15.5 Å². The van der Waals surface area contributed by atoms with Crippen LogP contribution in [-0.2, 0) is 30.3 Å². The number of likely N-dealkylation sites (N-methyl/N-ethyl adjacent to an activating group) is 1. The van der Waals surface area contributed by atoms with Crippen molar-refractivity contribution in [1.29, 1.82) is 0 Å². The number of halogens is 1. The van der Waals surface area contributed by atoms with Gasteiger partial charge in [-0.2, -0.15) is 0 Å². The molecule has 6 unspecified atom stereocenters. The molecular formula is C28H40BrN3O6. The average molecular weight is 595 g/mol. The zero-order chi connectivity index (χ0) is 28.7. The lowest BCUT2D eigenvalue weighted by Crippen LogP contribution is -2.56. The summed E-state index contributed by atoms with van der Waals surface area (Å²) in [6, 6.07) is 2.00. The van der Waals surface area contributed by atoms with Gasteiger partial charge in [-0.25, -0.2) is 4.79 Å². The first-order valence-corrected chi connectivity index (χ1v) is 13.7. The van der Waals surface area contributed by atoms with Crippen LogP contribution in [-0.4, -0.2) is 65.0 Å². The summed E-state index contributed by atoms with van der Waals surface area (Å²) in [5.41, 5.74) is 1.72. The molecular weight excluding hydrogens is 554 g/mol. The summed E-state index contributed by atoms with van der Waals surface area (Å²) in [5.74, 6) is -2.00. The van der Waals surface area contributed by atoms with Gasteiger partial charge < -0.3 is 25.4 Å². The maximum Gasteiger partial charge on any atom is 0.328 e. The standard InChI is InChI=1S/C28H40BrN3O6/c1-15-10-16(2)12-18(4)38-28(37)20(6)31-26(35)23(14-21-8-9-24(33)22(29)13-21)32(7)27(36)19(5)30-25(34)17(3)11-15/h8-10,13,16-20,23,33H,11-12,14H2,1-7H3,(H,30,34)(H,31,35). The van der Waals surface area contributed by atoms with E-state index in [-0.39, 0.29) is 36.0 Å². The minimum Gasteiger partial charge on any atom is -0.507 e. The highest BCUT2D eigenvalue weighted by Gasteiger charge is 2.33. The first-order valence-electron chi connectivity index (χ1n) is 12.9. The topological polar surface area (TPSA) is 125 Å². The van der Waals surface area contributed by atoms with E-state index < -0.39 is 35.9 Å². The molecule has 1 heterocycles. The smallest absolute Gasteiger partial charge is 0.328 e. The lowest BCUT2D eigenvalue weighted by Gasteiger charge is -2.31. The Bertz CT molecular complexity index is 1070. The highest BCUT2D eigenvalue weighted by Crippen LogP contribution is 2.25. The van der Waals surface area contributed by atoms with Gasteiger partial charge in [0.15, 0.2) is 0 Å². The molecule has 9 nitrogen and oxygen atoms in total. The van der Waals surface area contributed by atoms with Crippen molar-refractivity contribution in [3.63, 3.8) is 0 Å². The number of allylic oxidation sites excluding steroid dienone is 2. The van der Waals surface area contributed by atoms with Crippen LogP contribution in [0.2, 0.25) is 0 Å². The molecule has 210 valence electrons. The van der Waals surface area contributed by atoms with Crippen LogP contribution in [0.3, 0.4) is 0 Å². The Kier molecular flexibility index (Phi) is 11.4. The molecule has 3 N–H and O–H groups in total. The van der Waals surface area contributed by atoms with Crippen LogP contribution in [0.5, 0.6) is 5.75 Å². The molecule has 0 saturated carbocycles. The molecule has 10 heteroatoms. The monoisotopic (exact) mass is 593 g/mol. The summed E-state index contributed by atoms with van der Waals surface area (Å²) < 4.78 is 6.03. The number of esters is 1. The van der Waals surface area contributed by atoms with Crippen molar-refractivity contribution in [2.24, 2.45) is 11.8 Å². The van der Waals surface area contributed by atoms with E-state index >= 15 is 0 Å². The van der Waals surface area contributed by atoms with E-state index in [9.17, 15) is 24.3 Å². The van der Waals surface area contributed by atoms with Gasteiger partial charge in [-0.15, -0.1) is 0 Å². The number of cyclic esters (lactones) is 1. The number of nitrogens with zero attached hydrogens (tertiary/aromatic N) is 1. The van der Waals surface area contributed by atoms with Crippen LogP contribution < -0.4 is 10.6 Å². The molecule has 0 fully saturated rings. The van der Waals surface area contributed by atoms with E-state index in [2.05, 4.69) is 32.6 Å². The van der Waals surface area contributed by atoms with Crippen LogP contribution in [0, 0.1) is 11.8 Å². The van der Waals surface area contributed by atoms with Crippen molar-refractivity contribution in [2.75, 3.05) is 7.05 Å². The Balaban J connectivity index is 2.40. The lowest BCUT2D eigenvalue weighted by atomic mass is 9.95. The van der Waals surface area contributed by atoms with E-state index in [4.69, 9.17) is 4.74 Å². The minimum atomic E-state index is -0.993. The third-order valence-electron chi connectivity index (χ3n) is 6.67. The van der Waals surface area contributed by atoms with E-state index in [1.165, 1.54) is 18.0 Å². The maximum absolute atomic E-state index is 13.4. The Morgan fingerprint density at radius 1 is 1.03 bits per heavy atom. The number of phenols is 1. The van der Waals surface area contributed by atoms with Gasteiger partial charge in [0.1, 0.15) is 23.9 Å². The predicted octanol–water partition coefficient (Wildman–Crippen LogP) is 3.48. The minimum absolute atomic E-state index is 0.0442. The van der Waals surface area contributed by atoms with Gasteiger partial charge in [-0.1, -0.05) is 31.6 Å². The van der Waals surface area contributed by atoms with Gasteiger partial charge in [0, 0.05) is 19.4 Å². The van der Waals surface area contributed by atoms with E-state index in [0.29, 0.717) is 22.9 Å². The zero-order valence-corrected chi connectivity index (χ0v) is 24.8. The number of rotatable bonds is 2. The number of aromatic hydroxyl groups is 1. The van der Waals surface area contributed by atoms with E-state index in [1.807, 2.05) is 13.8 Å². The zero-order valence-electron chi connectivity index (χ0n) is 23.2. The summed E-state index contributed by atoms with van der Waals surface area (Å²) in [6.07, 6.45) is 2.92. The second-order valence-electron chi connectivity index (χ2n) is 10.5. The molecule has 1 aromatic carbocycles. The van der Waals surface area contributed by atoms with Gasteiger partial charge >= 0.3 is 5.97 Å². The van der Waals surface area contributed by atoms with Crippen LogP contribution in [0.4, 0.5) is 0 Å². The summed E-state index contributed by atoms with van der Waals surface area (Å²) in [7, 11) is 1.49. The molecule has 6 atom stereocenters. The summed E-state index contributed by atoms with van der Waals surface area (Å²) in [5, 5.41) is 15.3. The summed E-state index contributed by atoms with van der Waals surface area (Å²) in [4.78, 5) is 53.6. The fraction of sp³-hybridized carbons (Fsp3) is 0.571. The average Bonchev–Trinajstić information content (AvgIpc) is 2.82. The Morgan fingerprint density at radius 2 is 1.66 bits per heavy atom. The van der Waals surface area contributed by atoms with Crippen LogP contribution in [0.1, 0.15) is 59.9 Å².